The van der Waals surface area contributed by atoms with Gasteiger partial charge in [-0.3, -0.25) is 4.79 Å². The molecule has 0 aliphatic carbocycles. The quantitative estimate of drug-likeness (QED) is 0.881. The van der Waals surface area contributed by atoms with Gasteiger partial charge < -0.3 is 19.4 Å². The highest BCUT2D eigenvalue weighted by Crippen LogP contribution is 2.31. The lowest BCUT2D eigenvalue weighted by molar-refractivity contribution is -0.133. The van der Waals surface area contributed by atoms with Crippen molar-refractivity contribution >= 4 is 5.91 Å². The summed E-state index contributed by atoms with van der Waals surface area (Å²) < 4.78 is 24.3. The van der Waals surface area contributed by atoms with Crippen molar-refractivity contribution in [2.75, 3.05) is 20.3 Å². The maximum Gasteiger partial charge on any atom is 0.226 e. The average Bonchev–Trinajstić information content (AvgIpc) is 3.25. The molecule has 7 heteroatoms. The normalized spacial score (nSPS) is 20.3. The number of nitrogens with one attached hydrogen (secondary N) is 1. The zero-order chi connectivity index (χ0) is 16.9. The number of likely N-dealkylation sites (tertiary alicyclic amines) is 1. The van der Waals surface area contributed by atoms with E-state index < -0.39 is 5.82 Å². The van der Waals surface area contributed by atoms with Gasteiger partial charge in [0.15, 0.2) is 11.6 Å². The first-order chi connectivity index (χ1) is 11.7. The van der Waals surface area contributed by atoms with Crippen LogP contribution in [-0.4, -0.2) is 47.1 Å². The monoisotopic (exact) mass is 333 g/mol. The summed E-state index contributed by atoms with van der Waals surface area (Å²) in [4.78, 5) is 21.6. The van der Waals surface area contributed by atoms with Gasteiger partial charge in [0.05, 0.1) is 25.2 Å². The third kappa shape index (κ3) is 3.56. The average molecular weight is 333 g/mol. The summed E-state index contributed by atoms with van der Waals surface area (Å²) in [5.74, 6) is 0.410. The van der Waals surface area contributed by atoms with E-state index in [2.05, 4.69) is 9.97 Å². The molecule has 1 aliphatic rings. The van der Waals surface area contributed by atoms with Crippen molar-refractivity contribution in [2.45, 2.75) is 25.0 Å². The molecule has 1 N–H and O–H groups in total. The number of carbonyl (C=O) groups excluding carboxylic acids is 1. The molecule has 0 saturated carbocycles. The Hall–Kier alpha value is -2.41. The number of hydrogen-bond acceptors (Lipinski definition) is 4. The molecule has 6 nitrogen and oxygen atoms in total. The first-order valence-electron chi connectivity index (χ1n) is 7.88. The number of carbonyl (C=O) groups is 1. The van der Waals surface area contributed by atoms with Crippen LogP contribution in [0.5, 0.6) is 5.75 Å². The summed E-state index contributed by atoms with van der Waals surface area (Å²) in [5.41, 5.74) is 0. The topological polar surface area (TPSA) is 67.5 Å². The Balaban J connectivity index is 1.59. The van der Waals surface area contributed by atoms with E-state index in [-0.39, 0.29) is 36.8 Å². The van der Waals surface area contributed by atoms with E-state index in [1.54, 1.807) is 42.6 Å². The van der Waals surface area contributed by atoms with Gasteiger partial charge in [0.1, 0.15) is 5.82 Å². The number of aromatic amines is 1. The number of methoxy groups -OCH3 is 1. The summed E-state index contributed by atoms with van der Waals surface area (Å²) in [6.07, 6.45) is 4.25. The second-order valence-corrected chi connectivity index (χ2v) is 5.66. The molecule has 0 radical (unpaired) electrons. The number of halogens is 1. The standard InChI is InChI=1S/C17H20FN3O3/c1-23-12-10-14(17-19-7-8-20-17)21(11-12)16(22)6-9-24-15-5-3-2-4-13(15)18/h2-5,7-8,12,14H,6,9-11H2,1H3,(H,19,20)/t12-,14+/m1/s1. The van der Waals surface area contributed by atoms with Crippen molar-refractivity contribution < 1.29 is 18.7 Å². The van der Waals surface area contributed by atoms with E-state index in [0.29, 0.717) is 13.0 Å². The number of amides is 1. The second-order valence-electron chi connectivity index (χ2n) is 5.66. The van der Waals surface area contributed by atoms with E-state index in [1.165, 1.54) is 6.07 Å². The zero-order valence-corrected chi connectivity index (χ0v) is 13.4. The predicted molar refractivity (Wildman–Crippen MR) is 85.0 cm³/mol. The van der Waals surface area contributed by atoms with Crippen LogP contribution >= 0.6 is 0 Å². The van der Waals surface area contributed by atoms with E-state index in [1.807, 2.05) is 0 Å². The Morgan fingerprint density at radius 1 is 1.46 bits per heavy atom. The number of nitrogens with zero attached hydrogens (tertiary/aromatic N) is 2. The Kier molecular flexibility index (Phi) is 5.10. The lowest BCUT2D eigenvalue weighted by atomic mass is 10.2. The number of rotatable bonds is 6. The van der Waals surface area contributed by atoms with E-state index in [0.717, 1.165) is 5.82 Å². The molecule has 0 bridgehead atoms. The van der Waals surface area contributed by atoms with Crippen LogP contribution in [0.1, 0.15) is 24.7 Å². The van der Waals surface area contributed by atoms with Gasteiger partial charge in [-0.2, -0.15) is 0 Å². The fourth-order valence-corrected chi connectivity index (χ4v) is 2.92. The summed E-state index contributed by atoms with van der Waals surface area (Å²) in [7, 11) is 1.64. The zero-order valence-electron chi connectivity index (χ0n) is 13.4. The number of benzene rings is 1. The minimum absolute atomic E-state index is 0.0171. The number of hydrogen-bond donors (Lipinski definition) is 1. The van der Waals surface area contributed by atoms with Crippen molar-refractivity contribution in [1.29, 1.82) is 0 Å². The van der Waals surface area contributed by atoms with Gasteiger partial charge in [-0.1, -0.05) is 12.1 Å². The number of aromatic nitrogens is 2. The van der Waals surface area contributed by atoms with Gasteiger partial charge >= 0.3 is 0 Å². The number of para-hydroxylation sites is 1. The van der Waals surface area contributed by atoms with Crippen LogP contribution in [0.25, 0.3) is 0 Å². The van der Waals surface area contributed by atoms with Crippen LogP contribution in [-0.2, 0) is 9.53 Å². The van der Waals surface area contributed by atoms with Gasteiger partial charge in [-0.15, -0.1) is 0 Å². The van der Waals surface area contributed by atoms with Crippen molar-refractivity contribution in [1.82, 2.24) is 14.9 Å². The van der Waals surface area contributed by atoms with Crippen LogP contribution in [0.15, 0.2) is 36.7 Å². The van der Waals surface area contributed by atoms with Crippen LogP contribution in [0, 0.1) is 5.82 Å². The van der Waals surface area contributed by atoms with E-state index >= 15 is 0 Å². The number of H-pyrrole nitrogens is 1. The van der Waals surface area contributed by atoms with Crippen LogP contribution in [0.3, 0.4) is 0 Å². The molecular weight excluding hydrogens is 313 g/mol. The minimum atomic E-state index is -0.431. The molecular formula is C17H20FN3O3. The molecule has 1 aromatic carbocycles. The summed E-state index contributed by atoms with van der Waals surface area (Å²) >= 11 is 0. The van der Waals surface area contributed by atoms with Gasteiger partial charge in [0.2, 0.25) is 5.91 Å². The third-order valence-electron chi connectivity index (χ3n) is 4.16. The molecule has 2 atom stereocenters. The van der Waals surface area contributed by atoms with Crippen molar-refractivity contribution in [3.05, 3.63) is 48.3 Å². The smallest absolute Gasteiger partial charge is 0.226 e. The van der Waals surface area contributed by atoms with Crippen molar-refractivity contribution in [2.24, 2.45) is 0 Å². The molecule has 1 amide bonds. The molecule has 3 rings (SSSR count). The maximum absolute atomic E-state index is 13.5. The molecule has 0 spiro atoms. The molecule has 24 heavy (non-hydrogen) atoms. The first-order valence-corrected chi connectivity index (χ1v) is 7.88. The fraction of sp³-hybridized carbons (Fsp3) is 0.412. The highest BCUT2D eigenvalue weighted by Gasteiger charge is 2.37. The fourth-order valence-electron chi connectivity index (χ4n) is 2.92. The Bertz CT molecular complexity index is 677. The molecule has 1 fully saturated rings. The van der Waals surface area contributed by atoms with Gasteiger partial charge in [0, 0.05) is 32.5 Å². The molecule has 128 valence electrons. The lowest BCUT2D eigenvalue weighted by Gasteiger charge is -2.23. The lowest BCUT2D eigenvalue weighted by Crippen LogP contribution is -2.33. The highest BCUT2D eigenvalue weighted by atomic mass is 19.1. The SMILES string of the molecule is CO[C@@H]1C[C@@H](c2ncc[nH]2)N(C(=O)CCOc2ccccc2F)C1. The van der Waals surface area contributed by atoms with Crippen LogP contribution in [0.4, 0.5) is 4.39 Å². The van der Waals surface area contributed by atoms with E-state index in [9.17, 15) is 9.18 Å². The van der Waals surface area contributed by atoms with E-state index in [4.69, 9.17) is 9.47 Å². The second kappa shape index (κ2) is 7.44. The molecule has 2 aromatic rings. The number of imidazole rings is 1. The first kappa shape index (κ1) is 16.4. The van der Waals surface area contributed by atoms with Gasteiger partial charge in [0.25, 0.3) is 0 Å². The van der Waals surface area contributed by atoms with Crippen LogP contribution < -0.4 is 4.74 Å². The third-order valence-corrected chi connectivity index (χ3v) is 4.16. The predicted octanol–water partition coefficient (Wildman–Crippen LogP) is 2.31. The minimum Gasteiger partial charge on any atom is -0.490 e. The van der Waals surface area contributed by atoms with Crippen molar-refractivity contribution in [3.8, 4) is 5.75 Å². The summed E-state index contributed by atoms with van der Waals surface area (Å²) in [6, 6.07) is 6.02. The molecule has 1 aromatic heterocycles. The number of ether oxygens (including phenoxy) is 2. The largest absolute Gasteiger partial charge is 0.490 e. The molecule has 2 heterocycles. The Morgan fingerprint density at radius 2 is 2.29 bits per heavy atom. The van der Waals surface area contributed by atoms with Gasteiger partial charge in [-0.05, 0) is 12.1 Å². The molecule has 1 saturated heterocycles. The maximum atomic E-state index is 13.5. The molecule has 0 unspecified atom stereocenters. The summed E-state index contributed by atoms with van der Waals surface area (Å²) in [6.45, 7) is 0.638. The Labute approximate surface area is 139 Å². The molecule has 1 aliphatic heterocycles. The Morgan fingerprint density at radius 3 is 3.00 bits per heavy atom. The van der Waals surface area contributed by atoms with Crippen molar-refractivity contribution in [3.63, 3.8) is 0 Å². The highest BCUT2D eigenvalue weighted by molar-refractivity contribution is 5.77. The summed E-state index contributed by atoms with van der Waals surface area (Å²) in [5, 5.41) is 0. The van der Waals surface area contributed by atoms with Gasteiger partial charge in [-0.25, -0.2) is 9.37 Å². The van der Waals surface area contributed by atoms with Crippen LogP contribution in [0.2, 0.25) is 0 Å².